The standard InChI is InChI=1S/C28H44N3.2ClH.Rh/c1-17(2)21-11-9-12-22(18(3)4)27(21)25(29)15-31-16-26(30)28-23(19(5)6)13-10-14-24(28)20(7)8;;;/h9-14,17-20,25-26H,15-16,29-30H2,1-8H3;2*1H;/q-1;;;+3/p-2. The predicted molar refractivity (Wildman–Crippen MR) is 148 cm³/mol. The van der Waals surface area contributed by atoms with Crippen LogP contribution in [0.15, 0.2) is 36.4 Å². The van der Waals surface area contributed by atoms with Gasteiger partial charge in [0.2, 0.25) is 0 Å². The minimum atomic E-state index is -0.226. The number of halogens is 2. The van der Waals surface area contributed by atoms with Gasteiger partial charge in [0.15, 0.2) is 0 Å². The number of benzene rings is 2. The van der Waals surface area contributed by atoms with Crippen molar-refractivity contribution in [3.8, 4) is 0 Å². The first-order valence-corrected chi connectivity index (χ1v) is 16.4. The molecule has 0 saturated carbocycles. The van der Waals surface area contributed by atoms with Gasteiger partial charge in [-0.2, -0.15) is 0 Å². The average Bonchev–Trinajstić information content (AvgIpc) is 2.78. The summed E-state index contributed by atoms with van der Waals surface area (Å²) < 4.78 is 0. The molecular weight excluding hydrogens is 552 g/mol. The molecule has 0 aromatic heterocycles. The van der Waals surface area contributed by atoms with Gasteiger partial charge in [-0.3, -0.25) is 0 Å². The molecule has 2 atom stereocenters. The Hall–Kier alpha value is -0.477. The molecule has 0 radical (unpaired) electrons. The quantitative estimate of drug-likeness (QED) is 0.270. The van der Waals surface area contributed by atoms with Gasteiger partial charge in [0, 0.05) is 12.1 Å². The van der Waals surface area contributed by atoms with Crippen LogP contribution in [0.1, 0.15) is 125 Å². The Morgan fingerprint density at radius 3 is 1.06 bits per heavy atom. The van der Waals surface area contributed by atoms with Crippen molar-refractivity contribution in [1.29, 1.82) is 0 Å². The molecule has 2 aromatic carbocycles. The minimum absolute atomic E-state index is 0.104. The maximum atomic E-state index is 6.72. The predicted octanol–water partition coefficient (Wildman–Crippen LogP) is 8.63. The Morgan fingerprint density at radius 2 is 0.853 bits per heavy atom. The molecular formula is C28H44Cl2N3Rh. The second kappa shape index (κ2) is 15.6. The van der Waals surface area contributed by atoms with E-state index in [1.807, 2.05) is 0 Å². The van der Waals surface area contributed by atoms with E-state index in [4.69, 9.17) is 36.2 Å². The fourth-order valence-electron chi connectivity index (χ4n) is 4.61. The van der Waals surface area contributed by atoms with Gasteiger partial charge < -0.3 is 16.8 Å². The maximum absolute atomic E-state index is 6.72. The van der Waals surface area contributed by atoms with E-state index in [1.54, 1.807) is 0 Å². The van der Waals surface area contributed by atoms with E-state index >= 15 is 0 Å². The molecule has 34 heavy (non-hydrogen) atoms. The Morgan fingerprint density at radius 1 is 0.618 bits per heavy atom. The third-order valence-electron chi connectivity index (χ3n) is 6.23. The van der Waals surface area contributed by atoms with Gasteiger partial charge >= 0.3 is 34.5 Å². The van der Waals surface area contributed by atoms with Gasteiger partial charge in [-0.15, -0.1) is 13.1 Å². The summed E-state index contributed by atoms with van der Waals surface area (Å²) in [5.41, 5.74) is 21.3. The molecule has 3 nitrogen and oxygen atoms in total. The van der Waals surface area contributed by atoms with Crippen LogP contribution in [0.2, 0.25) is 0 Å². The van der Waals surface area contributed by atoms with Crippen LogP contribution in [0.25, 0.3) is 5.32 Å². The molecule has 2 aromatic rings. The van der Waals surface area contributed by atoms with Crippen LogP contribution < -0.4 is 11.5 Å². The van der Waals surface area contributed by atoms with Gasteiger partial charge in [-0.05, 0) is 57.1 Å². The summed E-state index contributed by atoms with van der Waals surface area (Å²) in [6.45, 7) is 19.1. The summed E-state index contributed by atoms with van der Waals surface area (Å²) in [6, 6.07) is 13.0. The van der Waals surface area contributed by atoms with E-state index in [9.17, 15) is 0 Å². The summed E-state index contributed by atoms with van der Waals surface area (Å²) in [5, 5.41) is 4.88. The SMILES string of the molecule is CC(C)c1cccc(C(C)C)c1C(N)C[N-]CC(N)c1c(C(C)C)cccc1C(C)C.[Cl][Rh+][Cl]. The van der Waals surface area contributed by atoms with Crippen molar-refractivity contribution in [3.63, 3.8) is 0 Å². The molecule has 0 amide bonds. The zero-order chi connectivity index (χ0) is 26.0. The topological polar surface area (TPSA) is 66.1 Å². The molecule has 0 aliphatic rings. The van der Waals surface area contributed by atoms with E-state index in [-0.39, 0.29) is 27.2 Å². The van der Waals surface area contributed by atoms with Crippen LogP contribution in [0.3, 0.4) is 0 Å². The van der Waals surface area contributed by atoms with E-state index < -0.39 is 0 Å². The molecule has 0 heterocycles. The molecule has 0 spiro atoms. The van der Waals surface area contributed by atoms with E-state index in [2.05, 4.69) is 91.8 Å². The summed E-state index contributed by atoms with van der Waals surface area (Å²) >= 11 is -0.226. The van der Waals surface area contributed by atoms with Crippen molar-refractivity contribution in [2.45, 2.75) is 91.1 Å². The van der Waals surface area contributed by atoms with E-state index in [0.717, 1.165) is 0 Å². The Bertz CT molecular complexity index is 747. The molecule has 0 aliphatic carbocycles. The molecule has 2 rings (SSSR count). The van der Waals surface area contributed by atoms with Crippen molar-refractivity contribution < 1.29 is 15.1 Å². The zero-order valence-electron chi connectivity index (χ0n) is 22.0. The van der Waals surface area contributed by atoms with Crippen LogP contribution in [0.5, 0.6) is 0 Å². The second-order valence-corrected chi connectivity index (χ2v) is 12.7. The van der Waals surface area contributed by atoms with Crippen molar-refractivity contribution >= 4 is 19.4 Å². The number of hydrogen-bond donors (Lipinski definition) is 2. The molecule has 0 aliphatic heterocycles. The summed E-state index contributed by atoms with van der Waals surface area (Å²) in [6.07, 6.45) is 0. The number of nitrogens with two attached hydrogens (primary N) is 2. The van der Waals surface area contributed by atoms with Crippen LogP contribution in [-0.4, -0.2) is 13.1 Å². The van der Waals surface area contributed by atoms with Gasteiger partial charge in [-0.1, -0.05) is 91.8 Å². The van der Waals surface area contributed by atoms with Crippen LogP contribution >= 0.6 is 19.4 Å². The second-order valence-electron chi connectivity index (χ2n) is 10.2. The summed E-state index contributed by atoms with van der Waals surface area (Å²) in [7, 11) is 9.67. The van der Waals surface area contributed by atoms with Crippen molar-refractivity contribution in [2.24, 2.45) is 11.5 Å². The Labute approximate surface area is 224 Å². The zero-order valence-corrected chi connectivity index (χ0v) is 25.2. The van der Waals surface area contributed by atoms with Gasteiger partial charge in [0.25, 0.3) is 0 Å². The van der Waals surface area contributed by atoms with Gasteiger partial charge in [0.05, 0.1) is 0 Å². The average molecular weight is 596 g/mol. The number of nitrogens with zero attached hydrogens (tertiary/aromatic N) is 1. The molecule has 6 heteroatoms. The molecule has 0 saturated heterocycles. The first kappa shape index (κ1) is 31.6. The summed E-state index contributed by atoms with van der Waals surface area (Å²) in [4.78, 5) is 0. The monoisotopic (exact) mass is 595 g/mol. The fourth-order valence-corrected chi connectivity index (χ4v) is 4.61. The fraction of sp³-hybridized carbons (Fsp3) is 0.571. The Balaban J connectivity index is 0.00000182. The van der Waals surface area contributed by atoms with E-state index in [0.29, 0.717) is 36.8 Å². The van der Waals surface area contributed by atoms with Crippen molar-refractivity contribution in [1.82, 2.24) is 0 Å². The van der Waals surface area contributed by atoms with Gasteiger partial charge in [-0.25, -0.2) is 0 Å². The summed E-state index contributed by atoms with van der Waals surface area (Å²) in [5.74, 6) is 1.75. The first-order chi connectivity index (χ1) is 16.0. The number of rotatable bonds is 10. The normalized spacial score (nSPS) is 13.5. The van der Waals surface area contributed by atoms with E-state index in [1.165, 1.54) is 33.4 Å². The third kappa shape index (κ3) is 8.88. The molecule has 2 unspecified atom stereocenters. The van der Waals surface area contributed by atoms with Crippen LogP contribution in [-0.2, 0) is 15.1 Å². The van der Waals surface area contributed by atoms with Crippen LogP contribution in [0, 0.1) is 0 Å². The molecule has 194 valence electrons. The third-order valence-corrected chi connectivity index (χ3v) is 6.23. The van der Waals surface area contributed by atoms with Crippen LogP contribution in [0.4, 0.5) is 0 Å². The Kier molecular flexibility index (Phi) is 14.5. The molecule has 0 fully saturated rings. The van der Waals surface area contributed by atoms with Gasteiger partial charge in [0.1, 0.15) is 0 Å². The van der Waals surface area contributed by atoms with Crippen molar-refractivity contribution in [2.75, 3.05) is 13.1 Å². The van der Waals surface area contributed by atoms with Crippen molar-refractivity contribution in [3.05, 3.63) is 75.1 Å². The molecule has 4 N–H and O–H groups in total. The first-order valence-electron chi connectivity index (χ1n) is 12.2. The molecule has 0 bridgehead atoms. The number of hydrogen-bond acceptors (Lipinski definition) is 2.